The molecule has 0 bridgehead atoms. The minimum Gasteiger partial charge on any atom is -0.355 e. The van der Waals surface area contributed by atoms with Gasteiger partial charge in [-0.3, -0.25) is 4.79 Å². The van der Waals surface area contributed by atoms with Gasteiger partial charge in [-0.05, 0) is 18.4 Å². The lowest BCUT2D eigenvalue weighted by Crippen LogP contribution is -2.37. The van der Waals surface area contributed by atoms with Crippen molar-refractivity contribution in [2.24, 2.45) is 0 Å². The molecule has 1 aromatic rings. The van der Waals surface area contributed by atoms with Gasteiger partial charge in [-0.15, -0.1) is 0 Å². The summed E-state index contributed by atoms with van der Waals surface area (Å²) < 4.78 is 0. The first-order valence-electron chi connectivity index (χ1n) is 6.22. The summed E-state index contributed by atoms with van der Waals surface area (Å²) >= 11 is 0. The topological polar surface area (TPSA) is 41.1 Å². The van der Waals surface area contributed by atoms with Crippen LogP contribution >= 0.6 is 0 Å². The van der Waals surface area contributed by atoms with E-state index in [2.05, 4.69) is 22.8 Å². The smallest absolute Gasteiger partial charge is 0.233 e. The van der Waals surface area contributed by atoms with Gasteiger partial charge in [0, 0.05) is 12.6 Å². The number of nitrogens with one attached hydrogen (secondary N) is 2. The Bertz CT molecular complexity index is 322. The molecule has 0 radical (unpaired) electrons. The summed E-state index contributed by atoms with van der Waals surface area (Å²) in [5, 5.41) is 6.00. The highest BCUT2D eigenvalue weighted by Gasteiger charge is 2.00. The largest absolute Gasteiger partial charge is 0.355 e. The van der Waals surface area contributed by atoms with Crippen molar-refractivity contribution in [2.45, 2.75) is 32.7 Å². The van der Waals surface area contributed by atoms with Gasteiger partial charge < -0.3 is 10.6 Å². The quantitative estimate of drug-likeness (QED) is 0.706. The number of carbonyl (C=O) groups is 1. The third kappa shape index (κ3) is 6.74. The third-order valence-corrected chi connectivity index (χ3v) is 2.48. The summed E-state index contributed by atoms with van der Waals surface area (Å²) in [6, 6.07) is 10.7. The molecular weight excluding hydrogens is 212 g/mol. The van der Waals surface area contributed by atoms with E-state index in [0.29, 0.717) is 12.6 Å². The number of hydrogen-bond donors (Lipinski definition) is 2. The van der Waals surface area contributed by atoms with E-state index in [4.69, 9.17) is 0 Å². The fourth-order valence-corrected chi connectivity index (χ4v) is 1.52. The molecule has 1 rings (SSSR count). The highest BCUT2D eigenvalue weighted by atomic mass is 16.1. The molecule has 3 nitrogen and oxygen atoms in total. The van der Waals surface area contributed by atoms with Crippen LogP contribution in [-0.2, 0) is 11.2 Å². The van der Waals surface area contributed by atoms with Gasteiger partial charge >= 0.3 is 0 Å². The fraction of sp³-hybridized carbons (Fsp3) is 0.500. The molecule has 3 heteroatoms. The minimum absolute atomic E-state index is 0.0757. The molecule has 0 saturated heterocycles. The molecule has 0 fully saturated rings. The van der Waals surface area contributed by atoms with Gasteiger partial charge in [-0.1, -0.05) is 44.2 Å². The van der Waals surface area contributed by atoms with Crippen LogP contribution in [-0.4, -0.2) is 25.0 Å². The SMILES string of the molecule is CC(C)NCC(=O)NCCCc1ccccc1. The molecule has 0 aliphatic rings. The molecule has 0 aliphatic heterocycles. The van der Waals surface area contributed by atoms with Crippen LogP contribution in [0.15, 0.2) is 30.3 Å². The summed E-state index contributed by atoms with van der Waals surface area (Å²) in [4.78, 5) is 11.4. The van der Waals surface area contributed by atoms with Crippen LogP contribution in [0.3, 0.4) is 0 Å². The van der Waals surface area contributed by atoms with E-state index in [1.165, 1.54) is 5.56 Å². The van der Waals surface area contributed by atoms with Crippen molar-refractivity contribution in [3.8, 4) is 0 Å². The minimum atomic E-state index is 0.0757. The van der Waals surface area contributed by atoms with Crippen molar-refractivity contribution in [2.75, 3.05) is 13.1 Å². The Hall–Kier alpha value is -1.35. The van der Waals surface area contributed by atoms with E-state index < -0.39 is 0 Å². The number of hydrogen-bond acceptors (Lipinski definition) is 2. The van der Waals surface area contributed by atoms with Crippen LogP contribution in [0.4, 0.5) is 0 Å². The molecule has 94 valence electrons. The number of amides is 1. The Morgan fingerprint density at radius 1 is 1.24 bits per heavy atom. The second-order valence-electron chi connectivity index (χ2n) is 4.47. The van der Waals surface area contributed by atoms with Gasteiger partial charge in [0.1, 0.15) is 0 Å². The number of rotatable bonds is 7. The molecule has 2 N–H and O–H groups in total. The molecule has 17 heavy (non-hydrogen) atoms. The molecule has 0 heterocycles. The van der Waals surface area contributed by atoms with E-state index in [0.717, 1.165) is 19.4 Å². The normalized spacial score (nSPS) is 10.5. The molecule has 0 unspecified atom stereocenters. The van der Waals surface area contributed by atoms with Crippen LogP contribution in [0.25, 0.3) is 0 Å². The number of benzene rings is 1. The van der Waals surface area contributed by atoms with Crippen molar-refractivity contribution >= 4 is 5.91 Å². The Morgan fingerprint density at radius 3 is 2.59 bits per heavy atom. The molecule has 1 aromatic carbocycles. The highest BCUT2D eigenvalue weighted by molar-refractivity contribution is 5.77. The highest BCUT2D eigenvalue weighted by Crippen LogP contribution is 2.01. The predicted octanol–water partition coefficient (Wildman–Crippen LogP) is 1.73. The summed E-state index contributed by atoms with van der Waals surface area (Å²) in [5.74, 6) is 0.0757. The van der Waals surface area contributed by atoms with E-state index >= 15 is 0 Å². The van der Waals surface area contributed by atoms with Crippen molar-refractivity contribution in [1.29, 1.82) is 0 Å². The number of aryl methyl sites for hydroxylation is 1. The summed E-state index contributed by atoms with van der Waals surface area (Å²) in [7, 11) is 0. The van der Waals surface area contributed by atoms with Gasteiger partial charge in [0.25, 0.3) is 0 Å². The van der Waals surface area contributed by atoms with Crippen LogP contribution in [0.1, 0.15) is 25.8 Å². The van der Waals surface area contributed by atoms with E-state index in [1.54, 1.807) is 0 Å². The summed E-state index contributed by atoms with van der Waals surface area (Å²) in [6.07, 6.45) is 2.00. The maximum Gasteiger partial charge on any atom is 0.233 e. The lowest BCUT2D eigenvalue weighted by atomic mass is 10.1. The first-order chi connectivity index (χ1) is 8.18. The molecule has 0 aromatic heterocycles. The van der Waals surface area contributed by atoms with Crippen LogP contribution in [0, 0.1) is 0 Å². The lowest BCUT2D eigenvalue weighted by Gasteiger charge is -2.08. The van der Waals surface area contributed by atoms with Crippen LogP contribution in [0.5, 0.6) is 0 Å². The fourth-order valence-electron chi connectivity index (χ4n) is 1.52. The molecule has 0 atom stereocenters. The molecule has 0 saturated carbocycles. The van der Waals surface area contributed by atoms with Crippen molar-refractivity contribution in [3.63, 3.8) is 0 Å². The van der Waals surface area contributed by atoms with Crippen LogP contribution in [0.2, 0.25) is 0 Å². The zero-order chi connectivity index (χ0) is 12.5. The first kappa shape index (κ1) is 13.7. The molecule has 0 aliphatic carbocycles. The third-order valence-electron chi connectivity index (χ3n) is 2.48. The predicted molar refractivity (Wildman–Crippen MR) is 70.9 cm³/mol. The molecule has 0 spiro atoms. The Morgan fingerprint density at radius 2 is 1.94 bits per heavy atom. The summed E-state index contributed by atoms with van der Waals surface area (Å²) in [5.41, 5.74) is 1.32. The van der Waals surface area contributed by atoms with Crippen LogP contribution < -0.4 is 10.6 Å². The average molecular weight is 234 g/mol. The van der Waals surface area contributed by atoms with Gasteiger partial charge in [0.05, 0.1) is 6.54 Å². The van der Waals surface area contributed by atoms with Gasteiger partial charge in [-0.2, -0.15) is 0 Å². The van der Waals surface area contributed by atoms with Gasteiger partial charge in [0.2, 0.25) is 5.91 Å². The number of carbonyl (C=O) groups excluding carboxylic acids is 1. The average Bonchev–Trinajstić information content (AvgIpc) is 2.33. The summed E-state index contributed by atoms with van der Waals surface area (Å²) in [6.45, 7) is 5.21. The second kappa shape index (κ2) is 7.85. The zero-order valence-corrected chi connectivity index (χ0v) is 10.7. The Kier molecular flexibility index (Phi) is 6.33. The Labute approximate surface area is 104 Å². The monoisotopic (exact) mass is 234 g/mol. The van der Waals surface area contributed by atoms with Crippen molar-refractivity contribution < 1.29 is 4.79 Å². The lowest BCUT2D eigenvalue weighted by molar-refractivity contribution is -0.120. The second-order valence-corrected chi connectivity index (χ2v) is 4.47. The van der Waals surface area contributed by atoms with E-state index in [1.807, 2.05) is 32.0 Å². The maximum absolute atomic E-state index is 11.4. The Balaban J connectivity index is 2.06. The van der Waals surface area contributed by atoms with Gasteiger partial charge in [-0.25, -0.2) is 0 Å². The van der Waals surface area contributed by atoms with Crippen molar-refractivity contribution in [1.82, 2.24) is 10.6 Å². The maximum atomic E-state index is 11.4. The van der Waals surface area contributed by atoms with E-state index in [9.17, 15) is 4.79 Å². The standard InChI is InChI=1S/C14H22N2O/c1-12(2)16-11-14(17)15-10-6-9-13-7-4-3-5-8-13/h3-5,7-8,12,16H,6,9-11H2,1-2H3,(H,15,17). The molecular formula is C14H22N2O. The van der Waals surface area contributed by atoms with Crippen molar-refractivity contribution in [3.05, 3.63) is 35.9 Å². The first-order valence-corrected chi connectivity index (χ1v) is 6.22. The molecule has 1 amide bonds. The zero-order valence-electron chi connectivity index (χ0n) is 10.7. The van der Waals surface area contributed by atoms with E-state index in [-0.39, 0.29) is 5.91 Å². The van der Waals surface area contributed by atoms with Gasteiger partial charge in [0.15, 0.2) is 0 Å².